The molecule has 0 fully saturated rings. The first-order chi connectivity index (χ1) is 7.29. The van der Waals surface area contributed by atoms with Gasteiger partial charge >= 0.3 is 6.03 Å². The van der Waals surface area contributed by atoms with Crippen LogP contribution >= 0.6 is 23.2 Å². The molecule has 0 aliphatic rings. The van der Waals surface area contributed by atoms with Gasteiger partial charge in [0.1, 0.15) is 0 Å². The number of urea groups is 1. The largest absolute Gasteiger partial charge is 0.333 e. The van der Waals surface area contributed by atoms with Crippen LogP contribution in [0.2, 0.25) is 10.0 Å². The SMILES string of the molecule is CC(C)(C)NC(=O)Nc1c(Cl)cccc1Cl. The van der Waals surface area contributed by atoms with Crippen molar-refractivity contribution in [1.29, 1.82) is 0 Å². The van der Waals surface area contributed by atoms with E-state index in [1.165, 1.54) is 0 Å². The van der Waals surface area contributed by atoms with Crippen molar-refractivity contribution in [2.45, 2.75) is 26.3 Å². The Morgan fingerprint density at radius 3 is 2.12 bits per heavy atom. The average molecular weight is 261 g/mol. The number of hydrogen-bond donors (Lipinski definition) is 2. The third-order valence-corrected chi connectivity index (χ3v) is 2.32. The molecule has 1 aromatic rings. The number of halogens is 2. The number of nitrogens with one attached hydrogen (secondary N) is 2. The molecule has 0 bridgehead atoms. The molecule has 1 aromatic carbocycles. The molecule has 0 aliphatic carbocycles. The van der Waals surface area contributed by atoms with Gasteiger partial charge in [-0.3, -0.25) is 0 Å². The van der Waals surface area contributed by atoms with Crippen LogP contribution in [0.1, 0.15) is 20.8 Å². The average Bonchev–Trinajstić information content (AvgIpc) is 2.08. The van der Waals surface area contributed by atoms with Crippen molar-refractivity contribution in [2.24, 2.45) is 0 Å². The molecule has 0 radical (unpaired) electrons. The molecule has 0 atom stereocenters. The molecule has 0 heterocycles. The van der Waals surface area contributed by atoms with Crippen molar-refractivity contribution in [1.82, 2.24) is 5.32 Å². The molecule has 0 unspecified atom stereocenters. The molecule has 0 spiro atoms. The molecule has 16 heavy (non-hydrogen) atoms. The number of carbonyl (C=O) groups excluding carboxylic acids is 1. The Labute approximate surface area is 105 Å². The van der Waals surface area contributed by atoms with E-state index in [1.807, 2.05) is 20.8 Å². The van der Waals surface area contributed by atoms with Crippen molar-refractivity contribution in [2.75, 3.05) is 5.32 Å². The molecule has 1 rings (SSSR count). The Hall–Kier alpha value is -0.930. The van der Waals surface area contributed by atoms with Crippen molar-refractivity contribution >= 4 is 34.9 Å². The second-order valence-corrected chi connectivity index (χ2v) is 5.24. The van der Waals surface area contributed by atoms with Gasteiger partial charge in [0.2, 0.25) is 0 Å². The van der Waals surface area contributed by atoms with E-state index in [-0.39, 0.29) is 11.6 Å². The summed E-state index contributed by atoms with van der Waals surface area (Å²) in [6.45, 7) is 5.67. The first kappa shape index (κ1) is 13.1. The number of carbonyl (C=O) groups is 1. The predicted molar refractivity (Wildman–Crippen MR) is 68.4 cm³/mol. The summed E-state index contributed by atoms with van der Waals surface area (Å²) in [6.07, 6.45) is 0. The molecule has 0 saturated heterocycles. The van der Waals surface area contributed by atoms with E-state index in [4.69, 9.17) is 23.2 Å². The van der Waals surface area contributed by atoms with Gasteiger partial charge in [-0.05, 0) is 32.9 Å². The highest BCUT2D eigenvalue weighted by molar-refractivity contribution is 6.39. The molecule has 2 N–H and O–H groups in total. The first-order valence-corrected chi connectivity index (χ1v) is 5.58. The normalized spacial score (nSPS) is 11.1. The number of anilines is 1. The number of hydrogen-bond acceptors (Lipinski definition) is 1. The highest BCUT2D eigenvalue weighted by Gasteiger charge is 2.15. The van der Waals surface area contributed by atoms with Crippen LogP contribution in [0.5, 0.6) is 0 Å². The van der Waals surface area contributed by atoms with Gasteiger partial charge in [-0.15, -0.1) is 0 Å². The molecular formula is C11H14Cl2N2O. The lowest BCUT2D eigenvalue weighted by molar-refractivity contribution is 0.244. The molecule has 0 saturated carbocycles. The smallest absolute Gasteiger partial charge is 0.319 e. The van der Waals surface area contributed by atoms with Crippen LogP contribution in [0.3, 0.4) is 0 Å². The maximum absolute atomic E-state index is 11.6. The van der Waals surface area contributed by atoms with Crippen LogP contribution in [0, 0.1) is 0 Å². The van der Waals surface area contributed by atoms with Crippen LogP contribution in [0.15, 0.2) is 18.2 Å². The second kappa shape index (κ2) is 4.93. The van der Waals surface area contributed by atoms with Gasteiger partial charge in [0.25, 0.3) is 0 Å². The van der Waals surface area contributed by atoms with Gasteiger partial charge in [0, 0.05) is 5.54 Å². The predicted octanol–water partition coefficient (Wildman–Crippen LogP) is 3.91. The summed E-state index contributed by atoms with van der Waals surface area (Å²) in [7, 11) is 0. The molecule has 0 aliphatic heterocycles. The lowest BCUT2D eigenvalue weighted by atomic mass is 10.1. The molecule has 0 aromatic heterocycles. The minimum atomic E-state index is -0.331. The third kappa shape index (κ3) is 3.91. The Morgan fingerprint density at radius 1 is 1.19 bits per heavy atom. The van der Waals surface area contributed by atoms with Gasteiger partial charge in [0.15, 0.2) is 0 Å². The van der Waals surface area contributed by atoms with Gasteiger partial charge in [0.05, 0.1) is 15.7 Å². The molecule has 2 amide bonds. The summed E-state index contributed by atoms with van der Waals surface area (Å²) in [6, 6.07) is 4.72. The number of rotatable bonds is 1. The topological polar surface area (TPSA) is 41.1 Å². The quantitative estimate of drug-likeness (QED) is 0.790. The highest BCUT2D eigenvalue weighted by atomic mass is 35.5. The second-order valence-electron chi connectivity index (χ2n) is 4.43. The van der Waals surface area contributed by atoms with Gasteiger partial charge in [-0.2, -0.15) is 0 Å². The maximum Gasteiger partial charge on any atom is 0.319 e. The minimum Gasteiger partial charge on any atom is -0.333 e. The minimum absolute atomic E-state index is 0.308. The Kier molecular flexibility index (Phi) is 4.05. The Balaban J connectivity index is 2.78. The zero-order valence-corrected chi connectivity index (χ0v) is 10.9. The van der Waals surface area contributed by atoms with Crippen molar-refractivity contribution < 1.29 is 4.79 Å². The number of benzene rings is 1. The monoisotopic (exact) mass is 260 g/mol. The van der Waals surface area contributed by atoms with E-state index in [9.17, 15) is 4.79 Å². The van der Waals surface area contributed by atoms with E-state index in [1.54, 1.807) is 18.2 Å². The summed E-state index contributed by atoms with van der Waals surface area (Å²) in [5.74, 6) is 0. The van der Waals surface area contributed by atoms with Crippen LogP contribution in [-0.4, -0.2) is 11.6 Å². The van der Waals surface area contributed by atoms with Crippen molar-refractivity contribution in [3.05, 3.63) is 28.2 Å². The fraction of sp³-hybridized carbons (Fsp3) is 0.364. The van der Waals surface area contributed by atoms with E-state index in [0.29, 0.717) is 15.7 Å². The standard InChI is InChI=1S/C11H14Cl2N2O/c1-11(2,3)15-10(16)14-9-7(12)5-4-6-8(9)13/h4-6H,1-3H3,(H2,14,15,16). The van der Waals surface area contributed by atoms with E-state index < -0.39 is 0 Å². The molecular weight excluding hydrogens is 247 g/mol. The van der Waals surface area contributed by atoms with Crippen molar-refractivity contribution in [3.8, 4) is 0 Å². The van der Waals surface area contributed by atoms with Gasteiger partial charge in [-0.25, -0.2) is 4.79 Å². The first-order valence-electron chi connectivity index (χ1n) is 4.83. The summed E-state index contributed by atoms with van der Waals surface area (Å²) >= 11 is 11.8. The number of amides is 2. The zero-order chi connectivity index (χ0) is 12.3. The van der Waals surface area contributed by atoms with E-state index >= 15 is 0 Å². The summed E-state index contributed by atoms with van der Waals surface area (Å²) < 4.78 is 0. The Bertz CT molecular complexity index is 379. The van der Waals surface area contributed by atoms with Gasteiger partial charge < -0.3 is 10.6 Å². The molecule has 88 valence electrons. The zero-order valence-electron chi connectivity index (χ0n) is 9.40. The van der Waals surface area contributed by atoms with E-state index in [0.717, 1.165) is 0 Å². The van der Waals surface area contributed by atoms with Gasteiger partial charge in [-0.1, -0.05) is 29.3 Å². The maximum atomic E-state index is 11.6. The lowest BCUT2D eigenvalue weighted by Gasteiger charge is -2.21. The van der Waals surface area contributed by atoms with E-state index in [2.05, 4.69) is 10.6 Å². The third-order valence-electron chi connectivity index (χ3n) is 1.69. The Morgan fingerprint density at radius 2 is 1.69 bits per heavy atom. The summed E-state index contributed by atoms with van der Waals surface area (Å²) in [5, 5.41) is 6.20. The van der Waals surface area contributed by atoms with Crippen LogP contribution in [0.4, 0.5) is 10.5 Å². The fourth-order valence-corrected chi connectivity index (χ4v) is 1.59. The van der Waals surface area contributed by atoms with Crippen LogP contribution < -0.4 is 10.6 Å². The molecule has 3 nitrogen and oxygen atoms in total. The fourth-order valence-electron chi connectivity index (χ4n) is 1.10. The highest BCUT2D eigenvalue weighted by Crippen LogP contribution is 2.29. The lowest BCUT2D eigenvalue weighted by Crippen LogP contribution is -2.43. The van der Waals surface area contributed by atoms with Crippen LogP contribution in [0.25, 0.3) is 0 Å². The summed E-state index contributed by atoms with van der Waals surface area (Å²) in [5.41, 5.74) is 0.116. The van der Waals surface area contributed by atoms with Crippen LogP contribution in [-0.2, 0) is 0 Å². The number of para-hydroxylation sites is 1. The van der Waals surface area contributed by atoms with Crippen molar-refractivity contribution in [3.63, 3.8) is 0 Å². The molecule has 5 heteroatoms. The summed E-state index contributed by atoms with van der Waals surface area (Å²) in [4.78, 5) is 11.6.